The molecule has 0 saturated heterocycles. The van der Waals surface area contributed by atoms with Crippen LogP contribution < -0.4 is 0 Å². The molecule has 4 aliphatic carbocycles. The predicted octanol–water partition coefficient (Wildman–Crippen LogP) is 0.930. The van der Waals surface area contributed by atoms with E-state index in [0.29, 0.717) is 0 Å². The van der Waals surface area contributed by atoms with Gasteiger partial charge in [-0.1, -0.05) is 13.0 Å². The molecule has 2 N–H and O–H groups in total. The van der Waals surface area contributed by atoms with Gasteiger partial charge >= 0.3 is 0 Å². The second kappa shape index (κ2) is 7.53. The highest BCUT2D eigenvalue weighted by atomic mass is 19.1. The lowest BCUT2D eigenvalue weighted by molar-refractivity contribution is -0.227. The molecule has 0 aromatic carbocycles. The van der Waals surface area contributed by atoms with Gasteiger partial charge in [0, 0.05) is 16.7 Å². The number of allylic oxidation sites excluding steroid dienone is 4. The third kappa shape index (κ3) is 2.79. The van der Waals surface area contributed by atoms with Crippen molar-refractivity contribution in [2.75, 3.05) is 6.61 Å². The zero-order valence-electron chi connectivity index (χ0n) is 18.2. The third-order valence-electron chi connectivity index (χ3n) is 8.75. The highest BCUT2D eigenvalue weighted by molar-refractivity contribution is 6.01. The standard InChI is InChI=1S/C23H26F2O8/c1-20-4-3-12(28)5-15(20)16(24)6-14-13-7-19(33-11-27)23(31,18(30)9-32-10-26)21(13,2)8-17(29)22(14,20)25/h3-5,10-11,13-14,16-17,19,29,31H,6-9H2,1-2H3/t13-,14?,16-,17?,19?,20?,21?,22-,23?/m0/s1. The summed E-state index contributed by atoms with van der Waals surface area (Å²) in [6.07, 6.45) is -2.33. The zero-order valence-corrected chi connectivity index (χ0v) is 18.2. The summed E-state index contributed by atoms with van der Waals surface area (Å²) in [5, 5.41) is 22.8. The van der Waals surface area contributed by atoms with Crippen LogP contribution in [0.15, 0.2) is 23.8 Å². The Hall–Kier alpha value is -2.46. The topological polar surface area (TPSA) is 127 Å². The van der Waals surface area contributed by atoms with E-state index in [1.165, 1.54) is 19.9 Å². The van der Waals surface area contributed by atoms with Gasteiger partial charge in [-0.15, -0.1) is 0 Å². The van der Waals surface area contributed by atoms with E-state index in [9.17, 15) is 29.4 Å². The SMILES string of the molecule is CC12CC(O)[C@@]3(F)C(C[C@H](F)C4=CC(=O)C=CC43C)[C@@H]1CC(OC=O)C2(O)C(=O)COC=O. The number of alkyl halides is 2. The maximum atomic E-state index is 17.0. The van der Waals surface area contributed by atoms with E-state index in [-0.39, 0.29) is 31.4 Å². The summed E-state index contributed by atoms with van der Waals surface area (Å²) in [6, 6.07) is 0. The Morgan fingerprint density at radius 2 is 1.94 bits per heavy atom. The number of carbonyl (C=O) groups excluding carboxylic acids is 4. The van der Waals surface area contributed by atoms with E-state index >= 15 is 8.78 Å². The molecule has 4 aliphatic rings. The van der Waals surface area contributed by atoms with Crippen molar-refractivity contribution in [3.63, 3.8) is 0 Å². The normalized spacial score (nSPS) is 48.1. The molecule has 0 spiro atoms. The number of fused-ring (bicyclic) bond motifs is 5. The molecule has 0 amide bonds. The van der Waals surface area contributed by atoms with Crippen molar-refractivity contribution in [2.45, 2.75) is 62.8 Å². The second-order valence-corrected chi connectivity index (χ2v) is 9.91. The fraction of sp³-hybridized carbons (Fsp3) is 0.652. The lowest BCUT2D eigenvalue weighted by atomic mass is 9.44. The second-order valence-electron chi connectivity index (χ2n) is 9.91. The van der Waals surface area contributed by atoms with Gasteiger partial charge in [0.15, 0.2) is 23.7 Å². The number of ketones is 2. The number of aliphatic hydroxyl groups excluding tert-OH is 1. The first kappa shape index (κ1) is 23.7. The molecule has 6 unspecified atom stereocenters. The molecular formula is C23H26F2O8. The van der Waals surface area contributed by atoms with E-state index in [1.807, 2.05) is 0 Å². The maximum Gasteiger partial charge on any atom is 0.293 e. The van der Waals surface area contributed by atoms with E-state index < -0.39 is 76.9 Å². The van der Waals surface area contributed by atoms with Crippen LogP contribution in [0.4, 0.5) is 8.78 Å². The zero-order chi connectivity index (χ0) is 24.4. The van der Waals surface area contributed by atoms with Crippen molar-refractivity contribution < 1.29 is 47.6 Å². The first-order valence-corrected chi connectivity index (χ1v) is 10.8. The number of aliphatic hydroxyl groups is 2. The number of hydrogen-bond donors (Lipinski definition) is 2. The average molecular weight is 468 g/mol. The molecule has 8 nitrogen and oxygen atoms in total. The van der Waals surface area contributed by atoms with E-state index in [1.54, 1.807) is 0 Å². The number of hydrogen-bond acceptors (Lipinski definition) is 8. The maximum absolute atomic E-state index is 17.0. The summed E-state index contributed by atoms with van der Waals surface area (Å²) in [5.41, 5.74) is -8.01. The smallest absolute Gasteiger partial charge is 0.293 e. The highest BCUT2D eigenvalue weighted by Crippen LogP contribution is 2.70. The van der Waals surface area contributed by atoms with Gasteiger partial charge in [0.05, 0.1) is 6.10 Å². The van der Waals surface area contributed by atoms with Gasteiger partial charge in [-0.2, -0.15) is 0 Å². The van der Waals surface area contributed by atoms with Crippen molar-refractivity contribution in [3.05, 3.63) is 23.8 Å². The summed E-state index contributed by atoms with van der Waals surface area (Å²) < 4.78 is 42.0. The van der Waals surface area contributed by atoms with Gasteiger partial charge < -0.3 is 19.7 Å². The number of carbonyl (C=O) groups is 4. The van der Waals surface area contributed by atoms with Gasteiger partial charge in [0.25, 0.3) is 12.9 Å². The molecular weight excluding hydrogens is 442 g/mol. The van der Waals surface area contributed by atoms with Gasteiger partial charge in [0.1, 0.15) is 12.3 Å². The van der Waals surface area contributed by atoms with E-state index in [4.69, 9.17) is 4.74 Å². The van der Waals surface area contributed by atoms with Crippen molar-refractivity contribution in [3.8, 4) is 0 Å². The van der Waals surface area contributed by atoms with Crippen LogP contribution in [0.3, 0.4) is 0 Å². The quantitative estimate of drug-likeness (QED) is 0.552. The molecule has 3 fully saturated rings. The summed E-state index contributed by atoms with van der Waals surface area (Å²) in [6.45, 7) is 2.16. The van der Waals surface area contributed by atoms with Gasteiger partial charge in [-0.25, -0.2) is 8.78 Å². The van der Waals surface area contributed by atoms with Crippen molar-refractivity contribution >= 4 is 24.5 Å². The van der Waals surface area contributed by atoms with Crippen LogP contribution in [0.2, 0.25) is 0 Å². The summed E-state index contributed by atoms with van der Waals surface area (Å²) >= 11 is 0. The van der Waals surface area contributed by atoms with Crippen molar-refractivity contribution in [1.82, 2.24) is 0 Å². The lowest BCUT2D eigenvalue weighted by Gasteiger charge is -2.62. The van der Waals surface area contributed by atoms with Crippen LogP contribution in [-0.2, 0) is 28.7 Å². The Labute approximate surface area is 188 Å². The molecule has 0 aromatic heterocycles. The molecule has 33 heavy (non-hydrogen) atoms. The van der Waals surface area contributed by atoms with Gasteiger partial charge in [-0.3, -0.25) is 19.2 Å². The average Bonchev–Trinajstić information content (AvgIpc) is 2.98. The van der Waals surface area contributed by atoms with Crippen LogP contribution in [0.5, 0.6) is 0 Å². The molecule has 4 rings (SSSR count). The lowest BCUT2D eigenvalue weighted by Crippen LogP contribution is -2.71. The number of halogens is 2. The molecule has 180 valence electrons. The highest BCUT2D eigenvalue weighted by Gasteiger charge is 2.77. The summed E-state index contributed by atoms with van der Waals surface area (Å²) in [4.78, 5) is 46.6. The van der Waals surface area contributed by atoms with Crippen molar-refractivity contribution in [1.29, 1.82) is 0 Å². The Bertz CT molecular complexity index is 964. The summed E-state index contributed by atoms with van der Waals surface area (Å²) in [7, 11) is 0. The number of Topliss-reactive ketones (excluding diaryl/α,β-unsaturated/α-hetero) is 1. The predicted molar refractivity (Wildman–Crippen MR) is 107 cm³/mol. The first-order valence-electron chi connectivity index (χ1n) is 10.8. The van der Waals surface area contributed by atoms with E-state index in [0.717, 1.165) is 12.2 Å². The Morgan fingerprint density at radius 3 is 2.58 bits per heavy atom. The van der Waals surface area contributed by atoms with Crippen LogP contribution in [0.25, 0.3) is 0 Å². The molecule has 0 radical (unpaired) electrons. The molecule has 0 heterocycles. The number of ether oxygens (including phenoxy) is 2. The fourth-order valence-electron chi connectivity index (χ4n) is 7.13. The van der Waals surface area contributed by atoms with Gasteiger partial charge in [-0.05, 0) is 49.8 Å². The number of rotatable bonds is 6. The van der Waals surface area contributed by atoms with Crippen LogP contribution in [-0.4, -0.2) is 71.0 Å². The first-order chi connectivity index (χ1) is 15.4. The Kier molecular flexibility index (Phi) is 5.40. The molecule has 0 bridgehead atoms. The molecule has 0 aromatic rings. The third-order valence-corrected chi connectivity index (χ3v) is 8.75. The molecule has 9 atom stereocenters. The largest absolute Gasteiger partial charge is 0.461 e. The minimum Gasteiger partial charge on any atom is -0.461 e. The monoisotopic (exact) mass is 468 g/mol. The minimum atomic E-state index is -2.41. The summed E-state index contributed by atoms with van der Waals surface area (Å²) in [5.74, 6) is -3.48. The van der Waals surface area contributed by atoms with Crippen LogP contribution in [0.1, 0.15) is 33.1 Å². The Balaban J connectivity index is 1.84. The van der Waals surface area contributed by atoms with Crippen LogP contribution >= 0.6 is 0 Å². The fourth-order valence-corrected chi connectivity index (χ4v) is 7.13. The molecule has 0 aliphatic heterocycles. The van der Waals surface area contributed by atoms with Gasteiger partial charge in [0.2, 0.25) is 5.78 Å². The van der Waals surface area contributed by atoms with E-state index in [2.05, 4.69) is 4.74 Å². The molecule has 10 heteroatoms. The molecule has 3 saturated carbocycles. The van der Waals surface area contributed by atoms with Crippen LogP contribution in [0, 0.1) is 22.7 Å². The minimum absolute atomic E-state index is 0.0220. The van der Waals surface area contributed by atoms with Crippen molar-refractivity contribution in [2.24, 2.45) is 22.7 Å². The Morgan fingerprint density at radius 1 is 1.24 bits per heavy atom.